The van der Waals surface area contributed by atoms with E-state index in [1.54, 1.807) is 0 Å². The lowest BCUT2D eigenvalue weighted by Gasteiger charge is -2.29. The third-order valence-electron chi connectivity index (χ3n) is 4.11. The average molecular weight is 327 g/mol. The Bertz CT molecular complexity index is 627. The van der Waals surface area contributed by atoms with Gasteiger partial charge in [-0.1, -0.05) is 17.7 Å². The van der Waals surface area contributed by atoms with Gasteiger partial charge in [0, 0.05) is 31.3 Å². The molecule has 1 atom stereocenters. The van der Waals surface area contributed by atoms with Crippen LogP contribution in [0.3, 0.4) is 0 Å². The van der Waals surface area contributed by atoms with Crippen molar-refractivity contribution in [1.29, 1.82) is 0 Å². The highest BCUT2D eigenvalue weighted by atomic mass is 35.5. The summed E-state index contributed by atoms with van der Waals surface area (Å²) < 4.78 is 24.6. The Kier molecular flexibility index (Phi) is 3.97. The van der Waals surface area contributed by atoms with E-state index in [0.717, 1.165) is 0 Å². The number of esters is 1. The van der Waals surface area contributed by atoms with Crippen molar-refractivity contribution in [2.45, 2.75) is 25.6 Å². The number of carbonyl (C=O) groups excluding carboxylic acids is 1. The monoisotopic (exact) mass is 326 g/mol. The van der Waals surface area contributed by atoms with Crippen LogP contribution in [0.2, 0.25) is 5.02 Å². The van der Waals surface area contributed by atoms with Crippen LogP contribution in [0.15, 0.2) is 23.8 Å². The molecule has 0 radical (unpaired) electrons. The predicted octanol–water partition coefficient (Wildman–Crippen LogP) is 2.92. The van der Waals surface area contributed by atoms with Gasteiger partial charge in [0.05, 0.1) is 10.6 Å². The van der Waals surface area contributed by atoms with Crippen molar-refractivity contribution >= 4 is 23.1 Å². The van der Waals surface area contributed by atoms with Crippen LogP contribution in [0.1, 0.15) is 25.3 Å². The van der Waals surface area contributed by atoms with Crippen molar-refractivity contribution in [3.8, 4) is 0 Å². The minimum atomic E-state index is -1.75. The van der Waals surface area contributed by atoms with E-state index in [0.29, 0.717) is 31.6 Å². The molecule has 2 aliphatic heterocycles. The number of hydrogen-bond acceptors (Lipinski definition) is 4. The van der Waals surface area contributed by atoms with Crippen LogP contribution in [-0.4, -0.2) is 30.1 Å². The fourth-order valence-corrected chi connectivity index (χ4v) is 3.43. The number of hydrogen-bond donors (Lipinski definition) is 1. The topological polar surface area (TPSA) is 55.8 Å². The number of cyclic esters (lactones) is 1. The summed E-state index contributed by atoms with van der Waals surface area (Å²) in [5.74, 6) is -3.22. The number of aliphatic hydroxyl groups is 1. The van der Waals surface area contributed by atoms with Gasteiger partial charge >= 0.3 is 5.97 Å². The lowest BCUT2D eigenvalue weighted by atomic mass is 9.83. The third kappa shape index (κ3) is 2.53. The van der Waals surface area contributed by atoms with Crippen molar-refractivity contribution in [2.75, 3.05) is 13.2 Å². The molecular formula is C16H16ClFO4. The van der Waals surface area contributed by atoms with Gasteiger partial charge in [0.25, 0.3) is 0 Å². The number of rotatable bonds is 2. The Morgan fingerprint density at radius 2 is 2.05 bits per heavy atom. The van der Waals surface area contributed by atoms with Crippen LogP contribution < -0.4 is 0 Å². The van der Waals surface area contributed by atoms with Gasteiger partial charge in [-0.15, -0.1) is 0 Å². The van der Waals surface area contributed by atoms with Crippen molar-refractivity contribution < 1.29 is 23.8 Å². The molecule has 1 N–H and O–H groups in total. The Balaban J connectivity index is 2.20. The molecule has 1 aromatic carbocycles. The fourth-order valence-electron chi connectivity index (χ4n) is 3.17. The lowest BCUT2D eigenvalue weighted by Crippen LogP contribution is -2.33. The molecule has 1 unspecified atom stereocenters. The summed E-state index contributed by atoms with van der Waals surface area (Å²) in [4.78, 5) is 12.3. The van der Waals surface area contributed by atoms with Gasteiger partial charge in [-0.2, -0.15) is 0 Å². The first kappa shape index (κ1) is 15.5. The molecule has 0 aromatic heterocycles. The Labute approximate surface area is 132 Å². The van der Waals surface area contributed by atoms with Crippen molar-refractivity contribution in [1.82, 2.24) is 0 Å². The Hall–Kier alpha value is -1.43. The quantitative estimate of drug-likeness (QED) is 0.849. The summed E-state index contributed by atoms with van der Waals surface area (Å²) >= 11 is 6.08. The van der Waals surface area contributed by atoms with Gasteiger partial charge in [0.2, 0.25) is 5.79 Å². The second kappa shape index (κ2) is 5.65. The molecule has 1 aromatic rings. The average Bonchev–Trinajstić information content (AvgIpc) is 2.69. The molecular weight excluding hydrogens is 311 g/mol. The van der Waals surface area contributed by atoms with Crippen LogP contribution in [0, 0.1) is 11.7 Å². The zero-order chi connectivity index (χ0) is 15.9. The van der Waals surface area contributed by atoms with Crippen molar-refractivity contribution in [2.24, 2.45) is 5.92 Å². The van der Waals surface area contributed by atoms with Gasteiger partial charge in [0.1, 0.15) is 5.82 Å². The van der Waals surface area contributed by atoms with Gasteiger partial charge in [0.15, 0.2) is 0 Å². The fraction of sp³-hybridized carbons (Fsp3) is 0.438. The summed E-state index contributed by atoms with van der Waals surface area (Å²) in [5, 5.41) is 10.6. The molecule has 0 bridgehead atoms. The van der Waals surface area contributed by atoms with Crippen LogP contribution in [0.25, 0.3) is 5.57 Å². The molecule has 0 aliphatic carbocycles. The molecule has 6 heteroatoms. The van der Waals surface area contributed by atoms with E-state index in [9.17, 15) is 14.3 Å². The van der Waals surface area contributed by atoms with Gasteiger partial charge in [-0.05, 0) is 30.9 Å². The zero-order valence-corrected chi connectivity index (χ0v) is 12.8. The normalized spacial score (nSPS) is 26.5. The smallest absolute Gasteiger partial charge is 0.341 e. The Morgan fingerprint density at radius 3 is 2.68 bits per heavy atom. The molecule has 4 nitrogen and oxygen atoms in total. The molecule has 1 saturated heterocycles. The summed E-state index contributed by atoms with van der Waals surface area (Å²) in [6.07, 6.45) is 1.27. The maximum absolute atomic E-state index is 14.2. The van der Waals surface area contributed by atoms with Crippen LogP contribution in [-0.2, 0) is 14.3 Å². The van der Waals surface area contributed by atoms with E-state index in [1.807, 2.05) is 0 Å². The number of carbonyl (C=O) groups is 1. The van der Waals surface area contributed by atoms with Crippen LogP contribution in [0.5, 0.6) is 0 Å². The van der Waals surface area contributed by atoms with E-state index in [-0.39, 0.29) is 22.1 Å². The number of benzene rings is 1. The lowest BCUT2D eigenvalue weighted by molar-refractivity contribution is -0.176. The van der Waals surface area contributed by atoms with Crippen molar-refractivity contribution in [3.63, 3.8) is 0 Å². The highest BCUT2D eigenvalue weighted by Gasteiger charge is 2.47. The minimum absolute atomic E-state index is 0.00608. The van der Waals surface area contributed by atoms with Crippen LogP contribution in [0.4, 0.5) is 4.39 Å². The molecule has 2 heterocycles. The van der Waals surface area contributed by atoms with Gasteiger partial charge in [-0.25, -0.2) is 9.18 Å². The summed E-state index contributed by atoms with van der Waals surface area (Å²) in [6, 6.07) is 4.21. The number of halogens is 2. The molecule has 3 rings (SSSR count). The van der Waals surface area contributed by atoms with Crippen LogP contribution >= 0.6 is 11.6 Å². The van der Waals surface area contributed by atoms with E-state index in [2.05, 4.69) is 0 Å². The SMILES string of the molecule is CC1(O)OC(=O)C(c2c(F)cccc2Cl)=C1C1CCOCC1. The third-order valence-corrected chi connectivity index (χ3v) is 4.42. The first-order valence-corrected chi connectivity index (χ1v) is 7.52. The first-order valence-electron chi connectivity index (χ1n) is 7.14. The van der Waals surface area contributed by atoms with E-state index < -0.39 is 17.6 Å². The molecule has 0 amide bonds. The summed E-state index contributed by atoms with van der Waals surface area (Å²) in [5.41, 5.74) is 0.432. The minimum Gasteiger partial charge on any atom is -0.426 e. The van der Waals surface area contributed by atoms with E-state index in [1.165, 1.54) is 25.1 Å². The first-order chi connectivity index (χ1) is 10.4. The molecule has 2 aliphatic rings. The highest BCUT2D eigenvalue weighted by molar-refractivity contribution is 6.35. The maximum Gasteiger partial charge on any atom is 0.341 e. The second-order valence-electron chi connectivity index (χ2n) is 5.64. The largest absolute Gasteiger partial charge is 0.426 e. The standard InChI is InChI=1S/C16H16ClFO4/c1-16(20)14(9-5-7-21-8-6-9)13(15(19)22-16)12-10(17)3-2-4-11(12)18/h2-4,9,20H,5-8H2,1H3. The summed E-state index contributed by atoms with van der Waals surface area (Å²) in [6.45, 7) is 2.45. The molecule has 0 saturated carbocycles. The Morgan fingerprint density at radius 1 is 1.36 bits per heavy atom. The van der Waals surface area contributed by atoms with Gasteiger partial charge in [-0.3, -0.25) is 0 Å². The zero-order valence-electron chi connectivity index (χ0n) is 12.1. The molecule has 0 spiro atoms. The molecule has 1 fully saturated rings. The van der Waals surface area contributed by atoms with Crippen molar-refractivity contribution in [3.05, 3.63) is 40.2 Å². The molecule has 118 valence electrons. The van der Waals surface area contributed by atoms with E-state index in [4.69, 9.17) is 21.1 Å². The maximum atomic E-state index is 14.2. The highest BCUT2D eigenvalue weighted by Crippen LogP contribution is 2.45. The van der Waals surface area contributed by atoms with E-state index >= 15 is 0 Å². The summed E-state index contributed by atoms with van der Waals surface area (Å²) in [7, 11) is 0. The molecule has 22 heavy (non-hydrogen) atoms. The predicted molar refractivity (Wildman–Crippen MR) is 78.6 cm³/mol. The number of ether oxygens (including phenoxy) is 2. The van der Waals surface area contributed by atoms with Gasteiger partial charge < -0.3 is 14.6 Å². The second-order valence-corrected chi connectivity index (χ2v) is 6.05.